The van der Waals surface area contributed by atoms with Gasteiger partial charge in [-0.1, -0.05) is 18.1 Å². The number of hydrogen-bond donors (Lipinski definition) is 0. The normalized spacial score (nSPS) is 14.0. The van der Waals surface area contributed by atoms with Gasteiger partial charge in [-0.05, 0) is 30.2 Å². The van der Waals surface area contributed by atoms with E-state index in [0.717, 1.165) is 17.4 Å². The molecule has 9 heteroatoms. The highest BCUT2D eigenvalue weighted by Gasteiger charge is 2.36. The first kappa shape index (κ1) is 21.3. The van der Waals surface area contributed by atoms with Gasteiger partial charge in [-0.15, -0.1) is 0 Å². The highest BCUT2D eigenvalue weighted by molar-refractivity contribution is 5.96. The lowest BCUT2D eigenvalue weighted by molar-refractivity contribution is -0.138. The van der Waals surface area contributed by atoms with Gasteiger partial charge in [0, 0.05) is 50.3 Å². The molecule has 1 aliphatic rings. The third-order valence-corrected chi connectivity index (χ3v) is 5.00. The van der Waals surface area contributed by atoms with E-state index >= 15 is 0 Å². The van der Waals surface area contributed by atoms with Crippen molar-refractivity contribution >= 4 is 11.7 Å². The number of piperazine rings is 1. The second-order valence-corrected chi connectivity index (χ2v) is 7.07. The number of amides is 1. The Balaban J connectivity index is 1.39. The maximum atomic E-state index is 13.2. The average molecular weight is 437 g/mol. The van der Waals surface area contributed by atoms with E-state index in [1.165, 1.54) is 23.1 Å². The van der Waals surface area contributed by atoms with Crippen molar-refractivity contribution in [2.24, 2.45) is 0 Å². The van der Waals surface area contributed by atoms with Gasteiger partial charge in [-0.2, -0.15) is 13.2 Å². The van der Waals surface area contributed by atoms with Gasteiger partial charge in [0.15, 0.2) is 0 Å². The minimum Gasteiger partial charge on any atom is -0.353 e. The van der Waals surface area contributed by atoms with Gasteiger partial charge >= 0.3 is 6.18 Å². The van der Waals surface area contributed by atoms with E-state index in [1.807, 2.05) is 17.0 Å². The van der Waals surface area contributed by atoms with E-state index in [0.29, 0.717) is 31.9 Å². The van der Waals surface area contributed by atoms with E-state index in [-0.39, 0.29) is 5.56 Å². The minimum atomic E-state index is -4.57. The Morgan fingerprint density at radius 3 is 2.34 bits per heavy atom. The van der Waals surface area contributed by atoms with Gasteiger partial charge in [-0.3, -0.25) is 9.78 Å². The molecule has 6 nitrogen and oxygen atoms in total. The van der Waals surface area contributed by atoms with E-state index in [4.69, 9.17) is 0 Å². The first-order valence-electron chi connectivity index (χ1n) is 9.86. The maximum absolute atomic E-state index is 13.2. The number of rotatable bonds is 2. The number of benzene rings is 1. The molecule has 0 bridgehead atoms. The molecule has 1 saturated heterocycles. The molecule has 1 aliphatic heterocycles. The fourth-order valence-electron chi connectivity index (χ4n) is 3.37. The topological polar surface area (TPSA) is 62.2 Å². The summed E-state index contributed by atoms with van der Waals surface area (Å²) in [4.78, 5) is 28.6. The number of aromatic nitrogens is 3. The van der Waals surface area contributed by atoms with Crippen LogP contribution in [0.15, 0.2) is 61.2 Å². The predicted octanol–water partition coefficient (Wildman–Crippen LogP) is 3.25. The van der Waals surface area contributed by atoms with Crippen molar-refractivity contribution in [3.63, 3.8) is 0 Å². The molecular formula is C23H18F3N5O. The molecule has 0 aliphatic carbocycles. The van der Waals surface area contributed by atoms with Crippen LogP contribution in [0.2, 0.25) is 0 Å². The Morgan fingerprint density at radius 2 is 1.69 bits per heavy atom. The van der Waals surface area contributed by atoms with Crippen molar-refractivity contribution in [2.75, 3.05) is 31.1 Å². The highest BCUT2D eigenvalue weighted by atomic mass is 19.4. The molecule has 162 valence electrons. The molecule has 3 heterocycles. The quantitative estimate of drug-likeness (QED) is 0.576. The second kappa shape index (κ2) is 9.06. The number of halogens is 3. The SMILES string of the molecule is O=C(c1ccccc1C(F)(F)F)N1CCN(c2ccc(C#Cc3cnccn3)cn2)CC1. The zero-order valence-corrected chi connectivity index (χ0v) is 16.9. The number of alkyl halides is 3. The van der Waals surface area contributed by atoms with E-state index in [2.05, 4.69) is 26.8 Å². The summed E-state index contributed by atoms with van der Waals surface area (Å²) < 4.78 is 39.7. The van der Waals surface area contributed by atoms with Crippen LogP contribution in [0, 0.1) is 11.8 Å². The molecule has 0 spiro atoms. The van der Waals surface area contributed by atoms with Crippen LogP contribution in [-0.4, -0.2) is 51.9 Å². The Labute approximate surface area is 182 Å². The summed E-state index contributed by atoms with van der Waals surface area (Å²) in [7, 11) is 0. The van der Waals surface area contributed by atoms with Gasteiger partial charge in [0.05, 0.1) is 17.3 Å². The third-order valence-electron chi connectivity index (χ3n) is 5.00. The lowest BCUT2D eigenvalue weighted by Gasteiger charge is -2.35. The summed E-state index contributed by atoms with van der Waals surface area (Å²) >= 11 is 0. The third kappa shape index (κ3) is 4.86. The summed E-state index contributed by atoms with van der Waals surface area (Å²) in [5.74, 6) is 5.99. The number of pyridine rings is 1. The first-order chi connectivity index (χ1) is 15.4. The maximum Gasteiger partial charge on any atom is 0.417 e. The Kier molecular flexibility index (Phi) is 6.03. The van der Waals surface area contributed by atoms with Crippen molar-refractivity contribution in [3.8, 4) is 11.8 Å². The highest BCUT2D eigenvalue weighted by Crippen LogP contribution is 2.32. The molecular weight excluding hydrogens is 419 g/mol. The van der Waals surface area contributed by atoms with Gasteiger partial charge in [0.25, 0.3) is 5.91 Å². The largest absolute Gasteiger partial charge is 0.417 e. The van der Waals surface area contributed by atoms with Crippen LogP contribution in [0.3, 0.4) is 0 Å². The molecule has 0 atom stereocenters. The van der Waals surface area contributed by atoms with Crippen molar-refractivity contribution in [1.29, 1.82) is 0 Å². The summed E-state index contributed by atoms with van der Waals surface area (Å²) in [6.07, 6.45) is 1.79. The fraction of sp³-hybridized carbons (Fsp3) is 0.217. The number of hydrogen-bond acceptors (Lipinski definition) is 5. The van der Waals surface area contributed by atoms with Crippen LogP contribution < -0.4 is 4.90 Å². The summed E-state index contributed by atoms with van der Waals surface area (Å²) in [6.45, 7) is 1.55. The molecule has 0 radical (unpaired) electrons. The van der Waals surface area contributed by atoms with E-state index in [1.54, 1.807) is 24.8 Å². The van der Waals surface area contributed by atoms with E-state index in [9.17, 15) is 18.0 Å². The van der Waals surface area contributed by atoms with Crippen LogP contribution >= 0.6 is 0 Å². The van der Waals surface area contributed by atoms with Crippen LogP contribution in [0.1, 0.15) is 27.2 Å². The van der Waals surface area contributed by atoms with Crippen molar-refractivity contribution in [2.45, 2.75) is 6.18 Å². The van der Waals surface area contributed by atoms with Crippen molar-refractivity contribution < 1.29 is 18.0 Å². The molecule has 1 amide bonds. The first-order valence-corrected chi connectivity index (χ1v) is 9.86. The molecule has 2 aromatic heterocycles. The number of carbonyl (C=O) groups excluding carboxylic acids is 1. The van der Waals surface area contributed by atoms with Gasteiger partial charge in [0.2, 0.25) is 0 Å². The smallest absolute Gasteiger partial charge is 0.353 e. The Morgan fingerprint density at radius 1 is 0.906 bits per heavy atom. The standard InChI is InChI=1S/C23H18F3N5O/c24-23(25,26)20-4-2-1-3-19(20)22(32)31-13-11-30(12-14-31)21-8-6-17(15-29-21)5-7-18-16-27-9-10-28-18/h1-4,6,8-10,15-16H,11-14H2. The second-order valence-electron chi connectivity index (χ2n) is 7.07. The van der Waals surface area contributed by atoms with Gasteiger partial charge in [-0.25, -0.2) is 9.97 Å². The lowest BCUT2D eigenvalue weighted by Crippen LogP contribution is -2.49. The van der Waals surface area contributed by atoms with Gasteiger partial charge in [0.1, 0.15) is 11.5 Å². The molecule has 1 fully saturated rings. The molecule has 3 aromatic rings. The summed E-state index contributed by atoms with van der Waals surface area (Å²) in [5, 5.41) is 0. The van der Waals surface area contributed by atoms with Crippen molar-refractivity contribution in [1.82, 2.24) is 19.9 Å². The predicted molar refractivity (Wildman–Crippen MR) is 112 cm³/mol. The van der Waals surface area contributed by atoms with Crippen LogP contribution in [0.4, 0.5) is 19.0 Å². The van der Waals surface area contributed by atoms with E-state index < -0.39 is 17.6 Å². The van der Waals surface area contributed by atoms with Crippen LogP contribution in [-0.2, 0) is 6.18 Å². The molecule has 32 heavy (non-hydrogen) atoms. The molecule has 4 rings (SSSR count). The fourth-order valence-corrected chi connectivity index (χ4v) is 3.37. The molecule has 1 aromatic carbocycles. The van der Waals surface area contributed by atoms with Crippen molar-refractivity contribution in [3.05, 3.63) is 83.6 Å². The monoisotopic (exact) mass is 437 g/mol. The van der Waals surface area contributed by atoms with Crippen LogP contribution in [0.5, 0.6) is 0 Å². The molecule has 0 unspecified atom stereocenters. The van der Waals surface area contributed by atoms with Crippen LogP contribution in [0.25, 0.3) is 0 Å². The number of nitrogens with zero attached hydrogens (tertiary/aromatic N) is 5. The summed E-state index contributed by atoms with van der Waals surface area (Å²) in [6, 6.07) is 8.55. The Hall–Kier alpha value is -3.93. The molecule has 0 N–H and O–H groups in total. The number of carbonyl (C=O) groups is 1. The minimum absolute atomic E-state index is 0.306. The summed E-state index contributed by atoms with van der Waals surface area (Å²) in [5.41, 5.74) is 0.0475. The molecule has 0 saturated carbocycles. The lowest BCUT2D eigenvalue weighted by atomic mass is 10.1. The number of anilines is 1. The Bertz CT molecular complexity index is 1150. The van der Waals surface area contributed by atoms with Gasteiger partial charge < -0.3 is 9.80 Å². The zero-order valence-electron chi connectivity index (χ0n) is 16.9. The zero-order chi connectivity index (χ0) is 22.6. The average Bonchev–Trinajstić information content (AvgIpc) is 2.83.